The summed E-state index contributed by atoms with van der Waals surface area (Å²) >= 11 is 0. The van der Waals surface area contributed by atoms with E-state index < -0.39 is 0 Å². The molecule has 0 amide bonds. The fourth-order valence-corrected chi connectivity index (χ4v) is 8.90. The Morgan fingerprint density at radius 3 is 1.15 bits per heavy atom. The van der Waals surface area contributed by atoms with Crippen molar-refractivity contribution < 1.29 is 0 Å². The third kappa shape index (κ3) is 4.85. The second-order valence-electron chi connectivity index (χ2n) is 14.4. The van der Waals surface area contributed by atoms with Crippen LogP contribution in [-0.4, -0.2) is 0 Å². The number of rotatable bonds is 5. The van der Waals surface area contributed by atoms with Crippen LogP contribution >= 0.6 is 0 Å². The smallest absolute Gasteiger partial charge is 0.00201 e. The lowest BCUT2D eigenvalue weighted by Crippen LogP contribution is -1.92. The van der Waals surface area contributed by atoms with Gasteiger partial charge in [0.25, 0.3) is 0 Å². The predicted octanol–water partition coefficient (Wildman–Crippen LogP) is 15.2. The van der Waals surface area contributed by atoms with Crippen molar-refractivity contribution in [3.8, 4) is 55.6 Å². The van der Waals surface area contributed by atoms with E-state index >= 15 is 0 Å². The second-order valence-corrected chi connectivity index (χ2v) is 14.4. The molecule has 54 heavy (non-hydrogen) atoms. The van der Waals surface area contributed by atoms with Crippen LogP contribution in [0.25, 0.3) is 109 Å². The highest BCUT2D eigenvalue weighted by atomic mass is 14.2. The SMILES string of the molecule is c1ccc(-c2cc(-c3ccccc3)cc(-c3ccc4c5cccc6c(-c7cc8ccccc8cc7-c7ccccc7)ccc(c7cccc3c47)c65)c2)cc1. The standard InChI is InChI=1S/C54H34/c1-4-14-35(15-5-1)40-30-41(36-16-6-2-7-17-36)32-42(31-40)43-26-28-49-48-25-13-23-46-44(27-29-50(54(46)48)47-24-12-22-45(43)53(47)49)52-34-39-21-11-10-20-38(39)33-51(52)37-18-8-3-9-19-37/h1-34H. The molecule has 11 aromatic rings. The maximum atomic E-state index is 2.39. The van der Waals surface area contributed by atoms with Crippen LogP contribution in [0.1, 0.15) is 0 Å². The molecule has 0 spiro atoms. The molecule has 0 heteroatoms. The number of fused-ring (bicyclic) bond motifs is 3. The molecular weight excluding hydrogens is 649 g/mol. The first-order chi connectivity index (χ1) is 26.8. The minimum absolute atomic E-state index is 1.22. The molecule has 0 aliphatic rings. The summed E-state index contributed by atoms with van der Waals surface area (Å²) in [5.74, 6) is 0. The van der Waals surface area contributed by atoms with Gasteiger partial charge in [-0.1, -0.05) is 176 Å². The van der Waals surface area contributed by atoms with Crippen molar-refractivity contribution in [2.75, 3.05) is 0 Å². The predicted molar refractivity (Wildman–Crippen MR) is 232 cm³/mol. The average molecular weight is 683 g/mol. The van der Waals surface area contributed by atoms with Crippen molar-refractivity contribution in [1.82, 2.24) is 0 Å². The van der Waals surface area contributed by atoms with E-state index in [2.05, 4.69) is 206 Å². The first-order valence-electron chi connectivity index (χ1n) is 18.8. The molecule has 0 bridgehead atoms. The molecular formula is C54H34. The van der Waals surface area contributed by atoms with Crippen LogP contribution in [0.2, 0.25) is 0 Å². The minimum Gasteiger partial charge on any atom is -0.0622 e. The van der Waals surface area contributed by atoms with Crippen molar-refractivity contribution in [1.29, 1.82) is 0 Å². The maximum absolute atomic E-state index is 2.39. The summed E-state index contributed by atoms with van der Waals surface area (Å²) in [6.07, 6.45) is 0. The Morgan fingerprint density at radius 1 is 0.185 bits per heavy atom. The van der Waals surface area contributed by atoms with Crippen molar-refractivity contribution in [3.05, 3.63) is 206 Å². The Labute approximate surface area is 314 Å². The maximum Gasteiger partial charge on any atom is -0.00201 e. The zero-order valence-corrected chi connectivity index (χ0v) is 29.6. The van der Waals surface area contributed by atoms with E-state index in [4.69, 9.17) is 0 Å². The quantitative estimate of drug-likeness (QED) is 0.125. The summed E-state index contributed by atoms with van der Waals surface area (Å²) in [4.78, 5) is 0. The molecule has 0 aliphatic heterocycles. The van der Waals surface area contributed by atoms with Gasteiger partial charge in [-0.15, -0.1) is 0 Å². The number of hydrogen-bond acceptors (Lipinski definition) is 0. The highest BCUT2D eigenvalue weighted by molar-refractivity contribution is 6.35. The zero-order valence-electron chi connectivity index (χ0n) is 29.6. The van der Waals surface area contributed by atoms with Crippen molar-refractivity contribution in [2.24, 2.45) is 0 Å². The molecule has 0 fully saturated rings. The molecule has 0 saturated heterocycles. The monoisotopic (exact) mass is 682 g/mol. The third-order valence-corrected chi connectivity index (χ3v) is 11.4. The van der Waals surface area contributed by atoms with Crippen LogP contribution in [0, 0.1) is 0 Å². The fraction of sp³-hybridized carbons (Fsp3) is 0. The summed E-state index contributed by atoms with van der Waals surface area (Å²) < 4.78 is 0. The van der Waals surface area contributed by atoms with Gasteiger partial charge in [-0.05, 0) is 140 Å². The average Bonchev–Trinajstić information content (AvgIpc) is 3.25. The van der Waals surface area contributed by atoms with Crippen LogP contribution in [0.4, 0.5) is 0 Å². The Bertz CT molecular complexity index is 3100. The molecule has 0 N–H and O–H groups in total. The molecule has 11 aromatic carbocycles. The molecule has 0 aromatic heterocycles. The largest absolute Gasteiger partial charge is 0.0622 e. The lowest BCUT2D eigenvalue weighted by atomic mass is 9.83. The van der Waals surface area contributed by atoms with Gasteiger partial charge >= 0.3 is 0 Å². The van der Waals surface area contributed by atoms with Crippen LogP contribution in [-0.2, 0) is 0 Å². The third-order valence-electron chi connectivity index (χ3n) is 11.4. The van der Waals surface area contributed by atoms with Crippen LogP contribution in [0.3, 0.4) is 0 Å². The van der Waals surface area contributed by atoms with Crippen LogP contribution < -0.4 is 0 Å². The van der Waals surface area contributed by atoms with Gasteiger partial charge in [-0.25, -0.2) is 0 Å². The summed E-state index contributed by atoms with van der Waals surface area (Å²) in [7, 11) is 0. The summed E-state index contributed by atoms with van der Waals surface area (Å²) in [6.45, 7) is 0. The number of benzene rings is 11. The minimum atomic E-state index is 1.22. The van der Waals surface area contributed by atoms with Crippen molar-refractivity contribution >= 4 is 53.9 Å². The van der Waals surface area contributed by atoms with E-state index in [0.717, 1.165) is 0 Å². The van der Waals surface area contributed by atoms with E-state index in [1.165, 1.54) is 109 Å². The normalized spacial score (nSPS) is 11.7. The molecule has 0 unspecified atom stereocenters. The first kappa shape index (κ1) is 30.6. The molecule has 11 rings (SSSR count). The Kier molecular flexibility index (Phi) is 6.97. The van der Waals surface area contributed by atoms with Crippen molar-refractivity contribution in [2.45, 2.75) is 0 Å². The Balaban J connectivity index is 1.17. The van der Waals surface area contributed by atoms with E-state index in [1.54, 1.807) is 0 Å². The van der Waals surface area contributed by atoms with Gasteiger partial charge in [0.15, 0.2) is 0 Å². The van der Waals surface area contributed by atoms with Crippen molar-refractivity contribution in [3.63, 3.8) is 0 Å². The number of hydrogen-bond donors (Lipinski definition) is 0. The molecule has 250 valence electrons. The second kappa shape index (κ2) is 12.3. The summed E-state index contributed by atoms with van der Waals surface area (Å²) in [5.41, 5.74) is 12.4. The van der Waals surface area contributed by atoms with E-state index in [0.29, 0.717) is 0 Å². The van der Waals surface area contributed by atoms with Gasteiger partial charge in [0, 0.05) is 0 Å². The molecule has 0 radical (unpaired) electrons. The molecule has 0 saturated carbocycles. The fourth-order valence-electron chi connectivity index (χ4n) is 8.90. The first-order valence-corrected chi connectivity index (χ1v) is 18.8. The highest BCUT2D eigenvalue weighted by Gasteiger charge is 2.19. The highest BCUT2D eigenvalue weighted by Crippen LogP contribution is 2.47. The topological polar surface area (TPSA) is 0 Å². The van der Waals surface area contributed by atoms with Gasteiger partial charge in [0.1, 0.15) is 0 Å². The zero-order chi connectivity index (χ0) is 35.6. The Morgan fingerprint density at radius 2 is 0.593 bits per heavy atom. The summed E-state index contributed by atoms with van der Waals surface area (Å²) in [5, 5.41) is 12.9. The van der Waals surface area contributed by atoms with Gasteiger partial charge in [-0.2, -0.15) is 0 Å². The lowest BCUT2D eigenvalue weighted by molar-refractivity contribution is 1.58. The van der Waals surface area contributed by atoms with E-state index in [-0.39, 0.29) is 0 Å². The van der Waals surface area contributed by atoms with Gasteiger partial charge in [0.2, 0.25) is 0 Å². The Hall–Kier alpha value is -7.02. The molecule has 0 aliphatic carbocycles. The van der Waals surface area contributed by atoms with Gasteiger partial charge in [0.05, 0.1) is 0 Å². The van der Waals surface area contributed by atoms with Crippen LogP contribution in [0.5, 0.6) is 0 Å². The molecule has 0 nitrogen and oxygen atoms in total. The van der Waals surface area contributed by atoms with E-state index in [1.807, 2.05) is 0 Å². The summed E-state index contributed by atoms with van der Waals surface area (Å²) in [6, 6.07) is 76.1. The lowest BCUT2D eigenvalue weighted by Gasteiger charge is -2.20. The van der Waals surface area contributed by atoms with E-state index in [9.17, 15) is 0 Å². The molecule has 0 atom stereocenters. The van der Waals surface area contributed by atoms with Gasteiger partial charge in [-0.3, -0.25) is 0 Å². The van der Waals surface area contributed by atoms with Gasteiger partial charge < -0.3 is 0 Å². The van der Waals surface area contributed by atoms with Crippen LogP contribution in [0.15, 0.2) is 206 Å². The molecule has 0 heterocycles.